The van der Waals surface area contributed by atoms with Crippen molar-refractivity contribution in [3.8, 4) is 11.5 Å². The van der Waals surface area contributed by atoms with Gasteiger partial charge in [-0.3, -0.25) is 4.79 Å². The minimum atomic E-state index is -4.70. The molecule has 1 aliphatic carbocycles. The second kappa shape index (κ2) is 8.57. The Bertz CT molecular complexity index is 1120. The van der Waals surface area contributed by atoms with Gasteiger partial charge in [0.15, 0.2) is 5.75 Å². The molecule has 1 fully saturated rings. The molecule has 1 saturated carbocycles. The lowest BCUT2D eigenvalue weighted by atomic mass is 9.97. The summed E-state index contributed by atoms with van der Waals surface area (Å²) in [6.07, 6.45) is 2.58. The number of aromatic amines is 1. The van der Waals surface area contributed by atoms with Gasteiger partial charge in [0.1, 0.15) is 5.75 Å². The Kier molecular flexibility index (Phi) is 6.01. The third-order valence-corrected chi connectivity index (χ3v) is 6.30. The molecule has 1 aliphatic rings. The van der Waals surface area contributed by atoms with E-state index in [-0.39, 0.29) is 21.5 Å². The number of carbonyl (C=O) groups is 1. The zero-order chi connectivity index (χ0) is 22.2. The predicted molar refractivity (Wildman–Crippen MR) is 115 cm³/mol. The second-order valence-corrected chi connectivity index (χ2v) is 8.85. The lowest BCUT2D eigenvalue weighted by Crippen LogP contribution is -2.10. The minimum Gasteiger partial charge on any atom is -0.481 e. The highest BCUT2D eigenvalue weighted by molar-refractivity contribution is 9.10. The molecule has 4 rings (SSSR count). The van der Waals surface area contributed by atoms with Crippen molar-refractivity contribution in [2.45, 2.75) is 44.7 Å². The number of H-pyrrole nitrogens is 1. The number of ether oxygens (including phenoxy) is 1. The molecule has 1 aromatic heterocycles. The van der Waals surface area contributed by atoms with Crippen molar-refractivity contribution in [2.75, 3.05) is 0 Å². The SMILES string of the molecule is O=C(O)Cc1cc(Br)c(Oc2ccc3[nH]cc(CC4CCCC4)c3c2)c(C(F)(F)F)c1. The molecular formula is C23H21BrF3NO3. The lowest BCUT2D eigenvalue weighted by molar-refractivity contribution is -0.139. The number of benzene rings is 2. The molecule has 2 N–H and O–H groups in total. The minimum absolute atomic E-state index is 0.0407. The molecule has 3 aromatic rings. The first-order valence-corrected chi connectivity index (χ1v) is 10.9. The number of rotatable bonds is 6. The molecule has 0 spiro atoms. The van der Waals surface area contributed by atoms with Gasteiger partial charge in [0, 0.05) is 17.1 Å². The van der Waals surface area contributed by atoms with Crippen LogP contribution in [0.3, 0.4) is 0 Å². The Hall–Kier alpha value is -2.48. The van der Waals surface area contributed by atoms with Crippen LogP contribution in [0.2, 0.25) is 0 Å². The van der Waals surface area contributed by atoms with E-state index in [1.165, 1.54) is 31.7 Å². The number of fused-ring (bicyclic) bond motifs is 1. The first kappa shape index (κ1) is 21.7. The number of hydrogen-bond acceptors (Lipinski definition) is 2. The lowest BCUT2D eigenvalue weighted by Gasteiger charge is -2.17. The normalized spacial score (nSPS) is 15.0. The van der Waals surface area contributed by atoms with E-state index in [4.69, 9.17) is 9.84 Å². The van der Waals surface area contributed by atoms with Gasteiger partial charge >= 0.3 is 12.1 Å². The number of carboxylic acids is 1. The topological polar surface area (TPSA) is 62.3 Å². The molecule has 0 amide bonds. The molecular weight excluding hydrogens is 475 g/mol. The van der Waals surface area contributed by atoms with Crippen molar-refractivity contribution in [3.05, 3.63) is 57.7 Å². The van der Waals surface area contributed by atoms with Gasteiger partial charge in [-0.05, 0) is 69.7 Å². The third kappa shape index (κ3) is 4.89. The van der Waals surface area contributed by atoms with Crippen molar-refractivity contribution >= 4 is 32.8 Å². The largest absolute Gasteiger partial charge is 0.481 e. The van der Waals surface area contributed by atoms with E-state index in [1.807, 2.05) is 6.20 Å². The fourth-order valence-corrected chi connectivity index (χ4v) is 4.86. The standard InChI is InChI=1S/C23H21BrF3NO3/c24-19-9-14(10-21(29)30)8-18(23(25,26)27)22(19)31-16-5-6-20-17(11-16)15(12-28-20)7-13-3-1-2-4-13/h5-6,8-9,11-13,28H,1-4,7,10H2,(H,29,30). The van der Waals surface area contributed by atoms with Gasteiger partial charge < -0.3 is 14.8 Å². The predicted octanol–water partition coefficient (Wildman–Crippen LogP) is 7.10. The first-order chi connectivity index (χ1) is 14.7. The van der Waals surface area contributed by atoms with Crippen molar-refractivity contribution in [1.29, 1.82) is 0 Å². The summed E-state index contributed by atoms with van der Waals surface area (Å²) in [7, 11) is 0. The van der Waals surface area contributed by atoms with Crippen LogP contribution < -0.4 is 4.74 Å². The van der Waals surface area contributed by atoms with Crippen LogP contribution in [0.1, 0.15) is 42.4 Å². The summed E-state index contributed by atoms with van der Waals surface area (Å²) in [6, 6.07) is 7.35. The second-order valence-electron chi connectivity index (χ2n) is 8.00. The van der Waals surface area contributed by atoms with Crippen LogP contribution in [0.4, 0.5) is 13.2 Å². The number of halogens is 4. The Labute approximate surface area is 185 Å². The van der Waals surface area contributed by atoms with E-state index in [0.717, 1.165) is 29.0 Å². The average molecular weight is 496 g/mol. The smallest absolute Gasteiger partial charge is 0.420 e. The maximum absolute atomic E-state index is 13.7. The van der Waals surface area contributed by atoms with Crippen LogP contribution >= 0.6 is 15.9 Å². The Morgan fingerprint density at radius 2 is 1.94 bits per heavy atom. The fraction of sp³-hybridized carbons (Fsp3) is 0.348. The van der Waals surface area contributed by atoms with Crippen LogP contribution in [0.15, 0.2) is 41.0 Å². The molecule has 0 radical (unpaired) electrons. The number of alkyl halides is 3. The average Bonchev–Trinajstić information content (AvgIpc) is 3.33. The van der Waals surface area contributed by atoms with Crippen molar-refractivity contribution in [1.82, 2.24) is 4.98 Å². The van der Waals surface area contributed by atoms with E-state index < -0.39 is 24.1 Å². The molecule has 1 heterocycles. The van der Waals surface area contributed by atoms with Crippen LogP contribution in [-0.4, -0.2) is 16.1 Å². The van der Waals surface area contributed by atoms with Gasteiger partial charge in [0.25, 0.3) is 0 Å². The van der Waals surface area contributed by atoms with Gasteiger partial charge in [0.2, 0.25) is 0 Å². The summed E-state index contributed by atoms with van der Waals surface area (Å²) in [5.41, 5.74) is 1.07. The van der Waals surface area contributed by atoms with Crippen LogP contribution in [0, 0.1) is 5.92 Å². The first-order valence-electron chi connectivity index (χ1n) is 10.1. The number of aromatic nitrogens is 1. The summed E-state index contributed by atoms with van der Waals surface area (Å²) in [5, 5.41) is 9.87. The molecule has 0 bridgehead atoms. The molecule has 4 nitrogen and oxygen atoms in total. The van der Waals surface area contributed by atoms with Crippen LogP contribution in [0.5, 0.6) is 11.5 Å². The van der Waals surface area contributed by atoms with Crippen molar-refractivity contribution in [3.63, 3.8) is 0 Å². The van der Waals surface area contributed by atoms with Crippen LogP contribution in [0.25, 0.3) is 10.9 Å². The number of aliphatic carboxylic acids is 1. The van der Waals surface area contributed by atoms with E-state index in [9.17, 15) is 18.0 Å². The Morgan fingerprint density at radius 1 is 1.19 bits per heavy atom. The molecule has 0 saturated heterocycles. The van der Waals surface area contributed by atoms with Gasteiger partial charge in [-0.25, -0.2) is 0 Å². The van der Waals surface area contributed by atoms with Gasteiger partial charge in [-0.2, -0.15) is 13.2 Å². The summed E-state index contributed by atoms with van der Waals surface area (Å²) in [4.78, 5) is 14.2. The fourth-order valence-electron chi connectivity index (χ4n) is 4.27. The Balaban J connectivity index is 1.68. The molecule has 2 aromatic carbocycles. The quantitative estimate of drug-likeness (QED) is 0.383. The Morgan fingerprint density at radius 3 is 2.61 bits per heavy atom. The highest BCUT2D eigenvalue weighted by atomic mass is 79.9. The molecule has 8 heteroatoms. The van der Waals surface area contributed by atoms with Gasteiger partial charge in [-0.1, -0.05) is 25.7 Å². The molecule has 31 heavy (non-hydrogen) atoms. The summed E-state index contributed by atoms with van der Waals surface area (Å²) in [6.45, 7) is 0. The monoisotopic (exact) mass is 495 g/mol. The van der Waals surface area contributed by atoms with E-state index >= 15 is 0 Å². The molecule has 0 unspecified atom stereocenters. The third-order valence-electron chi connectivity index (χ3n) is 5.71. The summed E-state index contributed by atoms with van der Waals surface area (Å²) >= 11 is 3.13. The maximum Gasteiger partial charge on any atom is 0.420 e. The van der Waals surface area contributed by atoms with Gasteiger partial charge in [0.05, 0.1) is 16.5 Å². The van der Waals surface area contributed by atoms with E-state index in [1.54, 1.807) is 18.2 Å². The number of nitrogens with one attached hydrogen (secondary N) is 1. The van der Waals surface area contributed by atoms with Gasteiger partial charge in [-0.15, -0.1) is 0 Å². The van der Waals surface area contributed by atoms with E-state index in [0.29, 0.717) is 5.92 Å². The molecule has 0 aliphatic heterocycles. The maximum atomic E-state index is 13.7. The molecule has 164 valence electrons. The van der Waals surface area contributed by atoms with Crippen LogP contribution in [-0.2, 0) is 23.8 Å². The van der Waals surface area contributed by atoms with Crippen molar-refractivity contribution in [2.24, 2.45) is 5.92 Å². The highest BCUT2D eigenvalue weighted by Crippen LogP contribution is 2.44. The zero-order valence-corrected chi connectivity index (χ0v) is 18.1. The highest BCUT2D eigenvalue weighted by Gasteiger charge is 2.36. The van der Waals surface area contributed by atoms with Crippen molar-refractivity contribution < 1.29 is 27.8 Å². The summed E-state index contributed by atoms with van der Waals surface area (Å²) in [5.74, 6) is -0.663. The zero-order valence-electron chi connectivity index (χ0n) is 16.6. The number of carboxylic acid groups (broad SMARTS) is 1. The van der Waals surface area contributed by atoms with E-state index in [2.05, 4.69) is 20.9 Å². The summed E-state index contributed by atoms with van der Waals surface area (Å²) < 4.78 is 46.8. The molecule has 0 atom stereocenters. The number of hydrogen-bond donors (Lipinski definition) is 2.